The zero-order chi connectivity index (χ0) is 18.0. The third-order valence-electron chi connectivity index (χ3n) is 3.61. The normalized spacial score (nSPS) is 11.3. The molecule has 2 aromatic heterocycles. The summed E-state index contributed by atoms with van der Waals surface area (Å²) in [4.78, 5) is 4.42. The number of methoxy groups -OCH3 is 1. The Morgan fingerprint density at radius 1 is 1.12 bits per heavy atom. The van der Waals surface area contributed by atoms with Crippen LogP contribution in [-0.2, 0) is 10.0 Å². The maximum atomic E-state index is 12.7. The first-order valence-corrected chi connectivity index (χ1v) is 9.04. The topological polar surface area (TPSA) is 86.1 Å². The Labute approximate surface area is 146 Å². The molecule has 3 aromatic rings. The first kappa shape index (κ1) is 17.0. The molecule has 7 nitrogen and oxygen atoms in total. The van der Waals surface area contributed by atoms with E-state index in [1.807, 2.05) is 19.9 Å². The third-order valence-corrected chi connectivity index (χ3v) is 4.99. The van der Waals surface area contributed by atoms with Gasteiger partial charge in [0.15, 0.2) is 5.82 Å². The Balaban J connectivity index is 1.99. The number of nitrogens with zero attached hydrogens (tertiary/aromatic N) is 3. The molecule has 0 radical (unpaired) electrons. The SMILES string of the molecule is COc1ccc(S(=O)(=O)Nc2cccnc2-n2nc(C)cc2C)cc1. The molecule has 2 heterocycles. The lowest BCUT2D eigenvalue weighted by atomic mass is 10.3. The number of nitrogens with one attached hydrogen (secondary N) is 1. The van der Waals surface area contributed by atoms with E-state index in [4.69, 9.17) is 4.74 Å². The zero-order valence-electron chi connectivity index (χ0n) is 14.1. The van der Waals surface area contributed by atoms with Crippen LogP contribution in [-0.4, -0.2) is 30.3 Å². The minimum atomic E-state index is -3.76. The van der Waals surface area contributed by atoms with Gasteiger partial charge in [-0.15, -0.1) is 0 Å². The highest BCUT2D eigenvalue weighted by molar-refractivity contribution is 7.92. The van der Waals surface area contributed by atoms with E-state index in [9.17, 15) is 8.42 Å². The van der Waals surface area contributed by atoms with Crippen molar-refractivity contribution in [3.63, 3.8) is 0 Å². The third kappa shape index (κ3) is 3.48. The van der Waals surface area contributed by atoms with Gasteiger partial charge >= 0.3 is 0 Å². The van der Waals surface area contributed by atoms with Crippen LogP contribution in [0.15, 0.2) is 53.6 Å². The number of benzene rings is 1. The Kier molecular flexibility index (Phi) is 4.45. The smallest absolute Gasteiger partial charge is 0.262 e. The van der Waals surface area contributed by atoms with E-state index in [1.54, 1.807) is 35.1 Å². The molecular weight excluding hydrogens is 340 g/mol. The van der Waals surface area contributed by atoms with Crippen molar-refractivity contribution in [3.8, 4) is 11.6 Å². The number of rotatable bonds is 5. The Hall–Kier alpha value is -2.87. The molecule has 0 aliphatic heterocycles. The fourth-order valence-electron chi connectivity index (χ4n) is 2.45. The molecule has 0 spiro atoms. The molecule has 0 atom stereocenters. The highest BCUT2D eigenvalue weighted by Crippen LogP contribution is 2.23. The molecule has 3 rings (SSSR count). The monoisotopic (exact) mass is 358 g/mol. The van der Waals surface area contributed by atoms with Gasteiger partial charge < -0.3 is 4.74 Å². The van der Waals surface area contributed by atoms with Crippen LogP contribution in [0.1, 0.15) is 11.4 Å². The van der Waals surface area contributed by atoms with Crippen LogP contribution in [0, 0.1) is 13.8 Å². The highest BCUT2D eigenvalue weighted by atomic mass is 32.2. The molecule has 1 aromatic carbocycles. The molecule has 0 aliphatic rings. The average Bonchev–Trinajstić information content (AvgIpc) is 2.93. The van der Waals surface area contributed by atoms with Crippen molar-refractivity contribution in [1.29, 1.82) is 0 Å². The summed E-state index contributed by atoms with van der Waals surface area (Å²) in [6.07, 6.45) is 1.59. The summed E-state index contributed by atoms with van der Waals surface area (Å²) in [6.45, 7) is 3.75. The quantitative estimate of drug-likeness (QED) is 0.758. The van der Waals surface area contributed by atoms with Crippen molar-refractivity contribution >= 4 is 15.7 Å². The molecule has 0 unspecified atom stereocenters. The first-order chi connectivity index (χ1) is 11.9. The largest absolute Gasteiger partial charge is 0.497 e. The lowest BCUT2D eigenvalue weighted by molar-refractivity contribution is 0.414. The predicted octanol–water partition coefficient (Wildman–Crippen LogP) is 2.69. The lowest BCUT2D eigenvalue weighted by Crippen LogP contribution is -2.16. The van der Waals surface area contributed by atoms with Crippen molar-refractivity contribution < 1.29 is 13.2 Å². The fraction of sp³-hybridized carbons (Fsp3) is 0.176. The van der Waals surface area contributed by atoms with E-state index >= 15 is 0 Å². The van der Waals surface area contributed by atoms with Crippen LogP contribution in [0.4, 0.5) is 5.69 Å². The van der Waals surface area contributed by atoms with E-state index in [0.29, 0.717) is 17.3 Å². The molecule has 0 fully saturated rings. The van der Waals surface area contributed by atoms with Gasteiger partial charge in [0, 0.05) is 11.9 Å². The maximum absolute atomic E-state index is 12.7. The lowest BCUT2D eigenvalue weighted by Gasteiger charge is -2.13. The van der Waals surface area contributed by atoms with E-state index in [-0.39, 0.29) is 4.90 Å². The second-order valence-electron chi connectivity index (χ2n) is 5.49. The summed E-state index contributed by atoms with van der Waals surface area (Å²) in [6, 6.07) is 11.4. The van der Waals surface area contributed by atoms with Crippen molar-refractivity contribution in [3.05, 3.63) is 60.0 Å². The summed E-state index contributed by atoms with van der Waals surface area (Å²) in [5, 5.41) is 4.37. The van der Waals surface area contributed by atoms with Crippen molar-refractivity contribution in [2.24, 2.45) is 0 Å². The number of pyridine rings is 1. The number of ether oxygens (including phenoxy) is 1. The number of hydrogen-bond donors (Lipinski definition) is 1. The fourth-order valence-corrected chi connectivity index (χ4v) is 3.51. The predicted molar refractivity (Wildman–Crippen MR) is 94.6 cm³/mol. The Morgan fingerprint density at radius 2 is 1.84 bits per heavy atom. The molecule has 0 amide bonds. The van der Waals surface area contributed by atoms with Crippen molar-refractivity contribution in [1.82, 2.24) is 14.8 Å². The van der Waals surface area contributed by atoms with Gasteiger partial charge in [-0.2, -0.15) is 5.10 Å². The minimum Gasteiger partial charge on any atom is -0.497 e. The van der Waals surface area contributed by atoms with Gasteiger partial charge in [0.1, 0.15) is 5.75 Å². The van der Waals surface area contributed by atoms with Gasteiger partial charge in [0.25, 0.3) is 10.0 Å². The van der Waals surface area contributed by atoms with Crippen LogP contribution in [0.25, 0.3) is 5.82 Å². The number of aromatic nitrogens is 3. The Bertz CT molecular complexity index is 995. The molecule has 1 N–H and O–H groups in total. The van der Waals surface area contributed by atoms with Crippen molar-refractivity contribution in [2.75, 3.05) is 11.8 Å². The highest BCUT2D eigenvalue weighted by Gasteiger charge is 2.18. The molecule has 130 valence electrons. The molecule has 25 heavy (non-hydrogen) atoms. The molecule has 0 saturated heterocycles. The summed E-state index contributed by atoms with van der Waals surface area (Å²) >= 11 is 0. The number of anilines is 1. The Morgan fingerprint density at radius 3 is 2.44 bits per heavy atom. The van der Waals surface area contributed by atoms with Gasteiger partial charge in [-0.1, -0.05) is 0 Å². The molecule has 0 bridgehead atoms. The molecule has 0 aliphatic carbocycles. The van der Waals surface area contributed by atoms with E-state index in [2.05, 4.69) is 14.8 Å². The summed E-state index contributed by atoms with van der Waals surface area (Å²) in [5.41, 5.74) is 2.04. The van der Waals surface area contributed by atoms with Crippen LogP contribution < -0.4 is 9.46 Å². The van der Waals surface area contributed by atoms with E-state index in [1.165, 1.54) is 19.2 Å². The number of aryl methyl sites for hydroxylation is 2. The molecular formula is C17H18N4O3S. The summed E-state index contributed by atoms with van der Waals surface area (Å²) in [7, 11) is -2.24. The van der Waals surface area contributed by atoms with Gasteiger partial charge in [-0.05, 0) is 56.3 Å². The second-order valence-corrected chi connectivity index (χ2v) is 7.18. The van der Waals surface area contributed by atoms with Crippen LogP contribution >= 0.6 is 0 Å². The van der Waals surface area contributed by atoms with Gasteiger partial charge in [0.2, 0.25) is 0 Å². The summed E-state index contributed by atoms with van der Waals surface area (Å²) < 4.78 is 34.6. The van der Waals surface area contributed by atoms with Crippen LogP contribution in [0.2, 0.25) is 0 Å². The van der Waals surface area contributed by atoms with Crippen molar-refractivity contribution in [2.45, 2.75) is 18.7 Å². The molecule has 8 heteroatoms. The maximum Gasteiger partial charge on any atom is 0.262 e. The minimum absolute atomic E-state index is 0.136. The van der Waals surface area contributed by atoms with Gasteiger partial charge in [-0.25, -0.2) is 18.1 Å². The zero-order valence-corrected chi connectivity index (χ0v) is 14.9. The summed E-state index contributed by atoms with van der Waals surface area (Å²) in [5.74, 6) is 1.01. The number of hydrogen-bond acceptors (Lipinski definition) is 5. The van der Waals surface area contributed by atoms with Gasteiger partial charge in [0.05, 0.1) is 23.4 Å². The van der Waals surface area contributed by atoms with Crippen LogP contribution in [0.5, 0.6) is 5.75 Å². The van der Waals surface area contributed by atoms with E-state index < -0.39 is 10.0 Å². The van der Waals surface area contributed by atoms with Crippen LogP contribution in [0.3, 0.4) is 0 Å². The molecule has 0 saturated carbocycles. The first-order valence-electron chi connectivity index (χ1n) is 7.56. The van der Waals surface area contributed by atoms with Gasteiger partial charge in [-0.3, -0.25) is 4.72 Å². The second kappa shape index (κ2) is 6.56. The van der Waals surface area contributed by atoms with E-state index in [0.717, 1.165) is 11.4 Å². The standard InChI is InChI=1S/C17H18N4O3S/c1-12-11-13(2)21(19-12)17-16(5-4-10-18-17)20-25(22,23)15-8-6-14(24-3)7-9-15/h4-11,20H,1-3H3. The average molecular weight is 358 g/mol. The number of sulfonamides is 1.